The first kappa shape index (κ1) is 18.0. The molecule has 1 heterocycles. The first-order valence-electron chi connectivity index (χ1n) is 9.66. The van der Waals surface area contributed by atoms with E-state index in [4.69, 9.17) is 15.0 Å². The van der Waals surface area contributed by atoms with Gasteiger partial charge in [0, 0.05) is 21.2 Å². The molecule has 1 aliphatic carbocycles. The summed E-state index contributed by atoms with van der Waals surface area (Å²) in [5, 5.41) is 2.26. The van der Waals surface area contributed by atoms with Crippen LogP contribution in [0.25, 0.3) is 39.1 Å². The number of allylic oxidation sites excluding steroid dienone is 4. The SMILES string of the molecule is Brc1cccc2c(-c3nc(C4=CCCC=C4)nc(-c4ccccc4)n3)cccc12. The predicted octanol–water partition coefficient (Wildman–Crippen LogP) is 6.85. The molecule has 3 nitrogen and oxygen atoms in total. The van der Waals surface area contributed by atoms with E-state index in [0.29, 0.717) is 11.6 Å². The van der Waals surface area contributed by atoms with Crippen LogP contribution < -0.4 is 0 Å². The normalized spacial score (nSPS) is 13.5. The lowest BCUT2D eigenvalue weighted by Crippen LogP contribution is -2.03. The van der Waals surface area contributed by atoms with E-state index >= 15 is 0 Å². The summed E-state index contributed by atoms with van der Waals surface area (Å²) in [6, 6.07) is 22.5. The molecule has 0 spiro atoms. The molecule has 140 valence electrons. The van der Waals surface area contributed by atoms with Gasteiger partial charge in [-0.05, 0) is 29.7 Å². The molecule has 5 rings (SSSR count). The minimum Gasteiger partial charge on any atom is -0.208 e. The summed E-state index contributed by atoms with van der Waals surface area (Å²) >= 11 is 3.66. The summed E-state index contributed by atoms with van der Waals surface area (Å²) in [7, 11) is 0. The fourth-order valence-corrected chi connectivity index (χ4v) is 4.09. The van der Waals surface area contributed by atoms with Crippen molar-refractivity contribution in [3.05, 3.63) is 95.3 Å². The molecule has 0 atom stereocenters. The van der Waals surface area contributed by atoms with Gasteiger partial charge in [-0.25, -0.2) is 15.0 Å². The van der Waals surface area contributed by atoms with Crippen LogP contribution in [0.5, 0.6) is 0 Å². The molecule has 0 radical (unpaired) electrons. The van der Waals surface area contributed by atoms with Gasteiger partial charge in [0.2, 0.25) is 0 Å². The Kier molecular flexibility index (Phi) is 4.78. The Balaban J connectivity index is 1.76. The largest absolute Gasteiger partial charge is 0.208 e. The van der Waals surface area contributed by atoms with Crippen LogP contribution in [0.4, 0.5) is 0 Å². The zero-order chi connectivity index (χ0) is 19.6. The lowest BCUT2D eigenvalue weighted by Gasteiger charge is -2.12. The zero-order valence-corrected chi connectivity index (χ0v) is 17.3. The van der Waals surface area contributed by atoms with E-state index in [0.717, 1.165) is 50.6 Å². The van der Waals surface area contributed by atoms with Crippen LogP contribution in [0.2, 0.25) is 0 Å². The standard InChI is InChI=1S/C25H18BrN3/c26-22-16-8-13-19-20(22)14-7-15-21(19)25-28-23(17-9-3-1-4-10-17)27-24(29-25)18-11-5-2-6-12-18/h1,3-5,7-16H,2,6H2. The highest BCUT2D eigenvalue weighted by Crippen LogP contribution is 2.32. The molecule has 0 aliphatic heterocycles. The molecule has 0 amide bonds. The second kappa shape index (κ2) is 7.72. The highest BCUT2D eigenvalue weighted by atomic mass is 79.9. The molecular weight excluding hydrogens is 422 g/mol. The highest BCUT2D eigenvalue weighted by molar-refractivity contribution is 9.10. The summed E-state index contributed by atoms with van der Waals surface area (Å²) in [6.45, 7) is 0. The quantitative estimate of drug-likeness (QED) is 0.350. The lowest BCUT2D eigenvalue weighted by molar-refractivity contribution is 1.01. The Morgan fingerprint density at radius 2 is 1.41 bits per heavy atom. The maximum Gasteiger partial charge on any atom is 0.164 e. The Hall–Kier alpha value is -3.11. The number of aromatic nitrogens is 3. The topological polar surface area (TPSA) is 38.7 Å². The van der Waals surface area contributed by atoms with Crippen LogP contribution in [0.1, 0.15) is 18.7 Å². The third-order valence-corrected chi connectivity index (χ3v) is 5.72. The smallest absolute Gasteiger partial charge is 0.164 e. The Morgan fingerprint density at radius 1 is 0.655 bits per heavy atom. The fraction of sp³-hybridized carbons (Fsp3) is 0.0800. The van der Waals surface area contributed by atoms with E-state index in [9.17, 15) is 0 Å². The number of benzene rings is 3. The van der Waals surface area contributed by atoms with Crippen LogP contribution in [0.3, 0.4) is 0 Å². The maximum atomic E-state index is 4.88. The maximum absolute atomic E-state index is 4.88. The first-order chi connectivity index (χ1) is 14.3. The van der Waals surface area contributed by atoms with Crippen molar-refractivity contribution in [2.75, 3.05) is 0 Å². The second-order valence-electron chi connectivity index (χ2n) is 6.95. The molecule has 0 fully saturated rings. The minimum atomic E-state index is 0.692. The van der Waals surface area contributed by atoms with Crippen molar-refractivity contribution < 1.29 is 0 Å². The van der Waals surface area contributed by atoms with Crippen molar-refractivity contribution in [2.45, 2.75) is 12.8 Å². The van der Waals surface area contributed by atoms with Crippen LogP contribution in [-0.2, 0) is 0 Å². The summed E-state index contributed by atoms with van der Waals surface area (Å²) < 4.78 is 1.06. The van der Waals surface area contributed by atoms with Gasteiger partial charge < -0.3 is 0 Å². The van der Waals surface area contributed by atoms with Gasteiger partial charge in [-0.15, -0.1) is 0 Å². The zero-order valence-electron chi connectivity index (χ0n) is 15.7. The number of rotatable bonds is 3. The third kappa shape index (κ3) is 3.52. The average Bonchev–Trinajstić information content (AvgIpc) is 2.80. The molecule has 4 heteroatoms. The summed E-state index contributed by atoms with van der Waals surface area (Å²) in [4.78, 5) is 14.5. The van der Waals surface area contributed by atoms with Crippen molar-refractivity contribution in [3.8, 4) is 22.8 Å². The van der Waals surface area contributed by atoms with E-state index in [2.05, 4.69) is 58.4 Å². The molecule has 0 unspecified atom stereocenters. The molecular formula is C25H18BrN3. The first-order valence-corrected chi connectivity index (χ1v) is 10.4. The molecule has 0 N–H and O–H groups in total. The highest BCUT2D eigenvalue weighted by Gasteiger charge is 2.15. The lowest BCUT2D eigenvalue weighted by atomic mass is 10.0. The molecule has 4 aromatic rings. The third-order valence-electron chi connectivity index (χ3n) is 5.03. The van der Waals surface area contributed by atoms with Crippen LogP contribution in [0, 0.1) is 0 Å². The van der Waals surface area contributed by atoms with Gasteiger partial charge >= 0.3 is 0 Å². The second-order valence-corrected chi connectivity index (χ2v) is 7.81. The molecule has 0 bridgehead atoms. The van der Waals surface area contributed by atoms with Crippen molar-refractivity contribution in [3.63, 3.8) is 0 Å². The van der Waals surface area contributed by atoms with Gasteiger partial charge in [-0.3, -0.25) is 0 Å². The predicted molar refractivity (Wildman–Crippen MR) is 122 cm³/mol. The van der Waals surface area contributed by atoms with E-state index in [-0.39, 0.29) is 0 Å². The fourth-order valence-electron chi connectivity index (χ4n) is 3.59. The molecule has 1 aromatic heterocycles. The van der Waals surface area contributed by atoms with Crippen molar-refractivity contribution >= 4 is 32.3 Å². The van der Waals surface area contributed by atoms with Crippen LogP contribution in [-0.4, -0.2) is 15.0 Å². The van der Waals surface area contributed by atoms with Crippen LogP contribution in [0.15, 0.2) is 89.4 Å². The molecule has 3 aromatic carbocycles. The Morgan fingerprint density at radius 3 is 2.24 bits per heavy atom. The van der Waals surface area contributed by atoms with E-state index in [1.54, 1.807) is 0 Å². The number of hydrogen-bond donors (Lipinski definition) is 0. The van der Waals surface area contributed by atoms with Gasteiger partial charge in [0.1, 0.15) is 0 Å². The van der Waals surface area contributed by atoms with Crippen LogP contribution >= 0.6 is 15.9 Å². The molecule has 29 heavy (non-hydrogen) atoms. The average molecular weight is 440 g/mol. The van der Waals surface area contributed by atoms with Crippen molar-refractivity contribution in [1.29, 1.82) is 0 Å². The number of hydrogen-bond acceptors (Lipinski definition) is 3. The van der Waals surface area contributed by atoms with Gasteiger partial charge in [-0.1, -0.05) is 94.8 Å². The van der Waals surface area contributed by atoms with Gasteiger partial charge in [0.05, 0.1) is 0 Å². The number of halogens is 1. The Bertz CT molecular complexity index is 1260. The molecule has 1 aliphatic rings. The summed E-state index contributed by atoms with van der Waals surface area (Å²) in [5.41, 5.74) is 3.04. The monoisotopic (exact) mass is 439 g/mol. The number of nitrogens with zero attached hydrogens (tertiary/aromatic N) is 3. The Labute approximate surface area is 178 Å². The van der Waals surface area contributed by atoms with Gasteiger partial charge in [0.15, 0.2) is 17.5 Å². The molecule has 0 saturated carbocycles. The number of fused-ring (bicyclic) bond motifs is 1. The van der Waals surface area contributed by atoms with E-state index in [1.165, 1.54) is 0 Å². The van der Waals surface area contributed by atoms with Crippen molar-refractivity contribution in [2.24, 2.45) is 0 Å². The summed E-state index contributed by atoms with van der Waals surface area (Å²) in [6.07, 6.45) is 8.56. The van der Waals surface area contributed by atoms with E-state index < -0.39 is 0 Å². The van der Waals surface area contributed by atoms with Gasteiger partial charge in [-0.2, -0.15) is 0 Å². The minimum absolute atomic E-state index is 0.692. The van der Waals surface area contributed by atoms with E-state index in [1.807, 2.05) is 42.5 Å². The summed E-state index contributed by atoms with van der Waals surface area (Å²) in [5.74, 6) is 2.10. The van der Waals surface area contributed by atoms with Crippen molar-refractivity contribution in [1.82, 2.24) is 15.0 Å². The van der Waals surface area contributed by atoms with Gasteiger partial charge in [0.25, 0.3) is 0 Å². The molecule has 0 saturated heterocycles.